The Bertz CT molecular complexity index is 1130. The number of nitrogens with one attached hydrogen (secondary N) is 1. The lowest BCUT2D eigenvalue weighted by molar-refractivity contribution is 0.626. The van der Waals surface area contributed by atoms with Crippen LogP contribution in [0.25, 0.3) is 17.1 Å². The molecule has 1 N–H and O–H groups in total. The van der Waals surface area contributed by atoms with Crippen molar-refractivity contribution in [2.45, 2.75) is 26.7 Å². The second-order valence-corrected chi connectivity index (χ2v) is 7.05. The number of anilines is 1. The molecule has 140 valence electrons. The van der Waals surface area contributed by atoms with E-state index in [1.165, 1.54) is 12.1 Å². The monoisotopic (exact) mass is 391 g/mol. The average Bonchev–Trinajstić information content (AvgIpc) is 2.68. The summed E-state index contributed by atoms with van der Waals surface area (Å²) in [4.78, 5) is 9.40. The maximum absolute atomic E-state index is 13.8. The molecular formula is C23H19ClFN3. The number of fused-ring (bicyclic) bond motifs is 1. The third-order valence-corrected chi connectivity index (χ3v) is 5.16. The SMILES string of the molecule is CCc1c(C)nc(-c2ccccc2Cl)nc1NC1=C=CCc2ccc(F)cc21. The van der Waals surface area contributed by atoms with Crippen LogP contribution in [-0.4, -0.2) is 9.97 Å². The van der Waals surface area contributed by atoms with Crippen LogP contribution in [0.3, 0.4) is 0 Å². The first kappa shape index (κ1) is 18.4. The summed E-state index contributed by atoms with van der Waals surface area (Å²) in [7, 11) is 0. The average molecular weight is 392 g/mol. The molecule has 2 aromatic carbocycles. The van der Waals surface area contributed by atoms with Gasteiger partial charge in [0.25, 0.3) is 0 Å². The highest BCUT2D eigenvalue weighted by Crippen LogP contribution is 2.31. The molecule has 0 saturated heterocycles. The van der Waals surface area contributed by atoms with Gasteiger partial charge >= 0.3 is 0 Å². The zero-order valence-corrected chi connectivity index (χ0v) is 16.4. The summed E-state index contributed by atoms with van der Waals surface area (Å²) in [6.45, 7) is 4.02. The quantitative estimate of drug-likeness (QED) is 0.556. The van der Waals surface area contributed by atoms with Gasteiger partial charge in [-0.15, -0.1) is 0 Å². The van der Waals surface area contributed by atoms with E-state index < -0.39 is 0 Å². The number of benzene rings is 2. The molecule has 0 aliphatic heterocycles. The molecule has 1 heterocycles. The largest absolute Gasteiger partial charge is 0.333 e. The van der Waals surface area contributed by atoms with Gasteiger partial charge in [-0.3, -0.25) is 0 Å². The predicted octanol–water partition coefficient (Wildman–Crippen LogP) is 5.97. The Morgan fingerprint density at radius 1 is 1.14 bits per heavy atom. The standard InChI is InChI=1S/C23H19ClFN3/c1-3-17-14(2)26-23(18-8-4-5-9-20(18)24)28-22(17)27-21-10-6-7-15-11-12-16(25)13-19(15)21/h4-6,8-9,11-13H,3,7H2,1-2H3,(H,26,27,28). The molecule has 3 nitrogen and oxygen atoms in total. The van der Waals surface area contributed by atoms with Gasteiger partial charge in [-0.25, -0.2) is 14.4 Å². The van der Waals surface area contributed by atoms with Crippen LogP contribution >= 0.6 is 11.6 Å². The fourth-order valence-electron chi connectivity index (χ4n) is 3.41. The van der Waals surface area contributed by atoms with Crippen molar-refractivity contribution in [3.8, 4) is 11.4 Å². The van der Waals surface area contributed by atoms with E-state index in [0.29, 0.717) is 22.4 Å². The normalized spacial score (nSPS) is 12.5. The van der Waals surface area contributed by atoms with Gasteiger partial charge in [0.2, 0.25) is 0 Å². The smallest absolute Gasteiger partial charge is 0.163 e. The zero-order chi connectivity index (χ0) is 19.7. The molecule has 28 heavy (non-hydrogen) atoms. The lowest BCUT2D eigenvalue weighted by Crippen LogP contribution is -2.10. The van der Waals surface area contributed by atoms with E-state index in [4.69, 9.17) is 16.6 Å². The Hall–Kier alpha value is -2.94. The minimum absolute atomic E-state index is 0.270. The third-order valence-electron chi connectivity index (χ3n) is 4.84. The maximum Gasteiger partial charge on any atom is 0.163 e. The van der Waals surface area contributed by atoms with Gasteiger partial charge in [-0.2, -0.15) is 0 Å². The van der Waals surface area contributed by atoms with Crippen molar-refractivity contribution in [3.05, 3.63) is 87.5 Å². The molecule has 4 rings (SSSR count). The van der Waals surface area contributed by atoms with Crippen LogP contribution in [0.15, 0.2) is 54.3 Å². The number of aryl methyl sites for hydroxylation is 1. The van der Waals surface area contributed by atoms with Crippen molar-refractivity contribution in [2.75, 3.05) is 5.32 Å². The van der Waals surface area contributed by atoms with Crippen molar-refractivity contribution in [1.82, 2.24) is 9.97 Å². The summed E-state index contributed by atoms with van der Waals surface area (Å²) < 4.78 is 13.8. The first-order valence-electron chi connectivity index (χ1n) is 9.20. The van der Waals surface area contributed by atoms with Crippen molar-refractivity contribution in [1.29, 1.82) is 0 Å². The number of halogens is 2. The van der Waals surface area contributed by atoms with E-state index in [0.717, 1.165) is 40.8 Å². The fourth-order valence-corrected chi connectivity index (χ4v) is 3.63. The molecule has 1 aromatic heterocycles. The molecule has 1 aliphatic carbocycles. The van der Waals surface area contributed by atoms with E-state index in [2.05, 4.69) is 23.0 Å². The van der Waals surface area contributed by atoms with Gasteiger partial charge in [0.15, 0.2) is 5.82 Å². The third kappa shape index (κ3) is 3.45. The summed E-state index contributed by atoms with van der Waals surface area (Å²) in [5.74, 6) is 0.980. The lowest BCUT2D eigenvalue weighted by atomic mass is 9.98. The van der Waals surface area contributed by atoms with Gasteiger partial charge in [0.1, 0.15) is 11.6 Å². The van der Waals surface area contributed by atoms with Crippen molar-refractivity contribution >= 4 is 23.1 Å². The Morgan fingerprint density at radius 3 is 2.75 bits per heavy atom. The van der Waals surface area contributed by atoms with E-state index in [1.54, 1.807) is 0 Å². The first-order valence-corrected chi connectivity index (χ1v) is 9.58. The van der Waals surface area contributed by atoms with E-state index in [-0.39, 0.29) is 5.82 Å². The predicted molar refractivity (Wildman–Crippen MR) is 112 cm³/mol. The van der Waals surface area contributed by atoms with Crippen LogP contribution in [0, 0.1) is 12.7 Å². The number of aromatic nitrogens is 2. The van der Waals surface area contributed by atoms with Gasteiger partial charge in [-0.05, 0) is 55.7 Å². The summed E-state index contributed by atoms with van der Waals surface area (Å²) in [6.07, 6.45) is 3.44. The van der Waals surface area contributed by atoms with Crippen molar-refractivity contribution in [3.63, 3.8) is 0 Å². The van der Waals surface area contributed by atoms with Crippen molar-refractivity contribution in [2.24, 2.45) is 0 Å². The summed E-state index contributed by atoms with van der Waals surface area (Å²) in [5, 5.41) is 3.97. The molecule has 0 fully saturated rings. The summed E-state index contributed by atoms with van der Waals surface area (Å²) in [6, 6.07) is 12.3. The molecule has 0 radical (unpaired) electrons. The second kappa shape index (κ2) is 7.59. The molecule has 3 aromatic rings. The van der Waals surface area contributed by atoms with Crippen LogP contribution in [0.1, 0.15) is 29.3 Å². The number of hydrogen-bond donors (Lipinski definition) is 1. The molecule has 0 atom stereocenters. The Balaban J connectivity index is 1.81. The molecule has 0 bridgehead atoms. The number of allylic oxidation sites excluding steroid dienone is 1. The summed E-state index contributed by atoms with van der Waals surface area (Å²) >= 11 is 6.35. The van der Waals surface area contributed by atoms with Crippen molar-refractivity contribution < 1.29 is 4.39 Å². The van der Waals surface area contributed by atoms with Crippen LogP contribution in [0.4, 0.5) is 10.2 Å². The molecule has 0 spiro atoms. The Labute approximate surface area is 168 Å². The maximum atomic E-state index is 13.8. The van der Waals surface area contributed by atoms with Gasteiger partial charge < -0.3 is 5.32 Å². The van der Waals surface area contributed by atoms with Crippen LogP contribution < -0.4 is 5.32 Å². The van der Waals surface area contributed by atoms with Gasteiger partial charge in [0.05, 0.1) is 10.7 Å². The lowest BCUT2D eigenvalue weighted by Gasteiger charge is -2.18. The van der Waals surface area contributed by atoms with E-state index in [1.807, 2.05) is 43.3 Å². The minimum Gasteiger partial charge on any atom is -0.333 e. The highest BCUT2D eigenvalue weighted by atomic mass is 35.5. The number of nitrogens with zero attached hydrogens (tertiary/aromatic N) is 2. The van der Waals surface area contributed by atoms with Crippen LogP contribution in [0.2, 0.25) is 5.02 Å². The molecule has 5 heteroatoms. The van der Waals surface area contributed by atoms with E-state index in [9.17, 15) is 4.39 Å². The highest BCUT2D eigenvalue weighted by molar-refractivity contribution is 6.33. The molecule has 1 aliphatic rings. The zero-order valence-electron chi connectivity index (χ0n) is 15.7. The molecular weight excluding hydrogens is 373 g/mol. The fraction of sp³-hybridized carbons (Fsp3) is 0.174. The van der Waals surface area contributed by atoms with Gasteiger partial charge in [0, 0.05) is 22.4 Å². The topological polar surface area (TPSA) is 37.8 Å². The summed E-state index contributed by atoms with van der Waals surface area (Å²) in [5.41, 5.74) is 8.45. The second-order valence-electron chi connectivity index (χ2n) is 6.65. The molecule has 0 saturated carbocycles. The highest BCUT2D eigenvalue weighted by Gasteiger charge is 2.17. The Morgan fingerprint density at radius 2 is 1.96 bits per heavy atom. The Kier molecular flexibility index (Phi) is 4.99. The van der Waals surface area contributed by atoms with Crippen LogP contribution in [0.5, 0.6) is 0 Å². The van der Waals surface area contributed by atoms with Gasteiger partial charge in [-0.1, -0.05) is 42.5 Å². The first-order chi connectivity index (χ1) is 13.6. The molecule has 0 unspecified atom stereocenters. The van der Waals surface area contributed by atoms with Crippen LogP contribution in [-0.2, 0) is 12.8 Å². The molecule has 0 amide bonds. The van der Waals surface area contributed by atoms with E-state index >= 15 is 0 Å². The minimum atomic E-state index is -0.270. The number of hydrogen-bond acceptors (Lipinski definition) is 3. The number of rotatable bonds is 4.